The molecule has 2 aromatic rings. The smallest absolute Gasteiger partial charge is 0.241 e. The summed E-state index contributed by atoms with van der Waals surface area (Å²) in [4.78, 5) is 15.0. The zero-order valence-corrected chi connectivity index (χ0v) is 20.0. The highest BCUT2D eigenvalue weighted by atomic mass is 35.5. The summed E-state index contributed by atoms with van der Waals surface area (Å²) in [5.74, 6) is -0.427. The molecule has 0 bridgehead atoms. The number of rotatable bonds is 7. The zero-order chi connectivity index (χ0) is 22.6. The van der Waals surface area contributed by atoms with Gasteiger partial charge in [0.05, 0.1) is 23.0 Å². The van der Waals surface area contributed by atoms with Crippen LogP contribution in [-0.4, -0.2) is 40.2 Å². The number of piperidine rings is 1. The van der Waals surface area contributed by atoms with Crippen LogP contribution in [0.4, 0.5) is 11.4 Å². The van der Waals surface area contributed by atoms with Gasteiger partial charge in [-0.05, 0) is 62.1 Å². The minimum absolute atomic E-state index is 0.159. The molecule has 0 aliphatic carbocycles. The number of amides is 1. The third-order valence-electron chi connectivity index (χ3n) is 5.36. The number of benzene rings is 2. The van der Waals surface area contributed by atoms with E-state index >= 15 is 0 Å². The Labute approximate surface area is 194 Å². The minimum atomic E-state index is -3.73. The molecule has 2 aromatic carbocycles. The first-order chi connectivity index (χ1) is 14.6. The molecule has 0 aromatic heterocycles. The second kappa shape index (κ2) is 10.1. The highest BCUT2D eigenvalue weighted by Crippen LogP contribution is 2.30. The number of halogens is 2. The van der Waals surface area contributed by atoms with Crippen LogP contribution in [0.3, 0.4) is 0 Å². The molecular weight excluding hydrogens is 457 g/mol. The molecule has 1 N–H and O–H groups in total. The maximum atomic E-state index is 12.7. The molecule has 1 fully saturated rings. The SMILES string of the molecule is CC(NC(=O)CN(c1ccc(Cl)cc1Cl)S(C)(=O)=O)c1ccc(N2CCCCC2)cc1. The molecule has 3 rings (SSSR count). The van der Waals surface area contributed by atoms with Crippen LogP contribution in [0.2, 0.25) is 10.0 Å². The third-order valence-corrected chi connectivity index (χ3v) is 7.02. The van der Waals surface area contributed by atoms with E-state index < -0.39 is 15.9 Å². The molecule has 9 heteroatoms. The Morgan fingerprint density at radius 2 is 1.74 bits per heavy atom. The van der Waals surface area contributed by atoms with Crippen molar-refractivity contribution in [3.05, 3.63) is 58.1 Å². The van der Waals surface area contributed by atoms with Crippen molar-refractivity contribution < 1.29 is 13.2 Å². The highest BCUT2D eigenvalue weighted by Gasteiger charge is 2.24. The van der Waals surface area contributed by atoms with Gasteiger partial charge in [0.2, 0.25) is 15.9 Å². The number of hydrogen-bond acceptors (Lipinski definition) is 4. The standard InChI is InChI=1S/C22H27Cl2N3O3S/c1-16(17-6-9-19(10-7-17)26-12-4-3-5-13-26)25-22(28)15-27(31(2,29)30)21-11-8-18(23)14-20(21)24/h6-11,14,16H,3-5,12-13,15H2,1-2H3,(H,25,28). The second-order valence-corrected chi connectivity index (χ2v) is 10.5. The predicted octanol–water partition coefficient (Wildman–Crippen LogP) is 4.63. The van der Waals surface area contributed by atoms with Crippen LogP contribution in [-0.2, 0) is 14.8 Å². The fourth-order valence-electron chi connectivity index (χ4n) is 3.69. The summed E-state index contributed by atoms with van der Waals surface area (Å²) in [6, 6.07) is 12.3. The Bertz CT molecular complexity index is 1020. The van der Waals surface area contributed by atoms with Gasteiger partial charge < -0.3 is 10.2 Å². The molecule has 31 heavy (non-hydrogen) atoms. The Morgan fingerprint density at radius 3 is 2.32 bits per heavy atom. The van der Waals surface area contributed by atoms with Gasteiger partial charge >= 0.3 is 0 Å². The second-order valence-electron chi connectivity index (χ2n) is 7.79. The monoisotopic (exact) mass is 483 g/mol. The maximum Gasteiger partial charge on any atom is 0.241 e. The number of anilines is 2. The number of nitrogens with one attached hydrogen (secondary N) is 1. The van der Waals surface area contributed by atoms with Crippen LogP contribution in [0.25, 0.3) is 0 Å². The molecule has 1 atom stereocenters. The van der Waals surface area contributed by atoms with Crippen molar-refractivity contribution in [1.82, 2.24) is 5.32 Å². The first kappa shape index (κ1) is 23.7. The average Bonchev–Trinajstić information content (AvgIpc) is 2.72. The van der Waals surface area contributed by atoms with E-state index in [2.05, 4.69) is 22.3 Å². The molecule has 1 aliphatic rings. The van der Waals surface area contributed by atoms with Crippen LogP contribution >= 0.6 is 23.2 Å². The van der Waals surface area contributed by atoms with E-state index in [0.717, 1.165) is 29.2 Å². The molecule has 1 unspecified atom stereocenters. The number of carbonyl (C=O) groups excluding carboxylic acids is 1. The number of nitrogens with zero attached hydrogens (tertiary/aromatic N) is 2. The van der Waals surface area contributed by atoms with Gasteiger partial charge in [-0.3, -0.25) is 9.10 Å². The highest BCUT2D eigenvalue weighted by molar-refractivity contribution is 7.92. The minimum Gasteiger partial charge on any atom is -0.372 e. The summed E-state index contributed by atoms with van der Waals surface area (Å²) in [7, 11) is -3.73. The summed E-state index contributed by atoms with van der Waals surface area (Å²) in [6.45, 7) is 3.63. The number of hydrogen-bond donors (Lipinski definition) is 1. The van der Waals surface area contributed by atoms with Gasteiger partial charge in [0.25, 0.3) is 0 Å². The first-order valence-electron chi connectivity index (χ1n) is 10.2. The van der Waals surface area contributed by atoms with Gasteiger partial charge in [-0.2, -0.15) is 0 Å². The van der Waals surface area contributed by atoms with E-state index in [-0.39, 0.29) is 23.3 Å². The van der Waals surface area contributed by atoms with Crippen LogP contribution in [0.15, 0.2) is 42.5 Å². The van der Waals surface area contributed by atoms with Crippen molar-refractivity contribution in [3.8, 4) is 0 Å². The molecule has 1 amide bonds. The Hall–Kier alpha value is -1.96. The zero-order valence-electron chi connectivity index (χ0n) is 17.6. The van der Waals surface area contributed by atoms with Gasteiger partial charge in [-0.1, -0.05) is 35.3 Å². The number of sulfonamides is 1. The van der Waals surface area contributed by atoms with E-state index in [0.29, 0.717) is 5.02 Å². The average molecular weight is 484 g/mol. The fraction of sp³-hybridized carbons (Fsp3) is 0.409. The predicted molar refractivity (Wildman–Crippen MR) is 128 cm³/mol. The summed E-state index contributed by atoms with van der Waals surface area (Å²) in [6.07, 6.45) is 4.74. The lowest BCUT2D eigenvalue weighted by molar-refractivity contribution is -0.120. The van der Waals surface area contributed by atoms with Crippen molar-refractivity contribution in [1.29, 1.82) is 0 Å². The quantitative estimate of drug-likeness (QED) is 0.623. The van der Waals surface area contributed by atoms with E-state index in [1.165, 1.54) is 43.1 Å². The maximum absolute atomic E-state index is 12.7. The topological polar surface area (TPSA) is 69.7 Å². The molecule has 0 saturated carbocycles. The lowest BCUT2D eigenvalue weighted by atomic mass is 10.1. The largest absolute Gasteiger partial charge is 0.372 e. The summed E-state index contributed by atoms with van der Waals surface area (Å²) in [5.41, 5.74) is 2.34. The van der Waals surface area contributed by atoms with Gasteiger partial charge in [-0.25, -0.2) is 8.42 Å². The fourth-order valence-corrected chi connectivity index (χ4v) is 5.12. The third kappa shape index (κ3) is 6.28. The van der Waals surface area contributed by atoms with Crippen molar-refractivity contribution in [2.24, 2.45) is 0 Å². The molecule has 1 aliphatic heterocycles. The van der Waals surface area contributed by atoms with Crippen molar-refractivity contribution >= 4 is 50.5 Å². The van der Waals surface area contributed by atoms with Crippen molar-refractivity contribution in [3.63, 3.8) is 0 Å². The van der Waals surface area contributed by atoms with Crippen LogP contribution in [0.1, 0.15) is 37.8 Å². The van der Waals surface area contributed by atoms with Gasteiger partial charge in [-0.15, -0.1) is 0 Å². The molecule has 0 radical (unpaired) electrons. The van der Waals surface area contributed by atoms with Crippen LogP contribution in [0.5, 0.6) is 0 Å². The van der Waals surface area contributed by atoms with Crippen molar-refractivity contribution in [2.45, 2.75) is 32.2 Å². The van der Waals surface area contributed by atoms with Gasteiger partial charge in [0, 0.05) is 23.8 Å². The first-order valence-corrected chi connectivity index (χ1v) is 12.8. The van der Waals surface area contributed by atoms with Crippen molar-refractivity contribution in [2.75, 3.05) is 35.1 Å². The Balaban J connectivity index is 1.67. The molecule has 1 heterocycles. The van der Waals surface area contributed by atoms with Gasteiger partial charge in [0.15, 0.2) is 0 Å². The summed E-state index contributed by atoms with van der Waals surface area (Å²) >= 11 is 12.1. The molecular formula is C22H27Cl2N3O3S. The summed E-state index contributed by atoms with van der Waals surface area (Å²) < 4.78 is 25.6. The van der Waals surface area contributed by atoms with E-state index in [9.17, 15) is 13.2 Å². The Kier molecular flexibility index (Phi) is 7.73. The molecule has 6 nitrogen and oxygen atoms in total. The lowest BCUT2D eigenvalue weighted by Crippen LogP contribution is -2.41. The molecule has 168 valence electrons. The summed E-state index contributed by atoms with van der Waals surface area (Å²) in [5, 5.41) is 3.41. The van der Waals surface area contributed by atoms with E-state index in [1.807, 2.05) is 19.1 Å². The molecule has 0 spiro atoms. The number of carbonyl (C=O) groups is 1. The van der Waals surface area contributed by atoms with Crippen LogP contribution < -0.4 is 14.5 Å². The van der Waals surface area contributed by atoms with Gasteiger partial charge in [0.1, 0.15) is 6.54 Å². The molecule has 1 saturated heterocycles. The van der Waals surface area contributed by atoms with E-state index in [4.69, 9.17) is 23.2 Å². The lowest BCUT2D eigenvalue weighted by Gasteiger charge is -2.29. The normalized spacial score (nSPS) is 15.4. The van der Waals surface area contributed by atoms with Crippen LogP contribution in [0, 0.1) is 0 Å². The van der Waals surface area contributed by atoms with E-state index in [1.54, 1.807) is 0 Å². The Morgan fingerprint density at radius 1 is 1.10 bits per heavy atom.